The molecule has 1 aromatic rings. The van der Waals surface area contributed by atoms with Gasteiger partial charge in [0, 0.05) is 19.7 Å². The van der Waals surface area contributed by atoms with E-state index in [1.165, 1.54) is 32.3 Å². The van der Waals surface area contributed by atoms with Crippen molar-refractivity contribution in [1.82, 2.24) is 10.2 Å². The van der Waals surface area contributed by atoms with Gasteiger partial charge in [-0.05, 0) is 48.6 Å². The van der Waals surface area contributed by atoms with Crippen LogP contribution >= 0.6 is 0 Å². The Morgan fingerprint density at radius 2 is 1.76 bits per heavy atom. The first-order valence-electron chi connectivity index (χ1n) is 10.7. The number of hydrogen-bond donors (Lipinski definition) is 1. The lowest BCUT2D eigenvalue weighted by atomic mass is 9.92. The molecule has 0 bridgehead atoms. The number of nitrogens with zero attached hydrogens (tertiary/aromatic N) is 1. The smallest absolute Gasteiger partial charge is 0.341 e. The van der Waals surface area contributed by atoms with Crippen LogP contribution < -0.4 is 19.5 Å². The van der Waals surface area contributed by atoms with Crippen LogP contribution in [0.2, 0.25) is 0 Å². The van der Waals surface area contributed by atoms with Crippen LogP contribution in [-0.2, 0) is 20.7 Å². The van der Waals surface area contributed by atoms with E-state index in [9.17, 15) is 14.4 Å². The van der Waals surface area contributed by atoms with Gasteiger partial charge in [-0.25, -0.2) is 9.59 Å². The van der Waals surface area contributed by atoms with Crippen LogP contribution in [0.1, 0.15) is 24.5 Å². The molecule has 1 atom stereocenters. The molecular formula is C25H32N2O7. The number of urea groups is 1. The number of hydrogen-bond acceptors (Lipinski definition) is 7. The van der Waals surface area contributed by atoms with Crippen LogP contribution in [0.25, 0.3) is 5.57 Å². The minimum atomic E-state index is -0.774. The third-order valence-electron chi connectivity index (χ3n) is 5.47. The van der Waals surface area contributed by atoms with Crippen molar-refractivity contribution in [3.8, 4) is 17.2 Å². The van der Waals surface area contributed by atoms with E-state index < -0.39 is 12.0 Å². The number of ether oxygens (including phenoxy) is 4. The fourth-order valence-electron chi connectivity index (χ4n) is 3.87. The van der Waals surface area contributed by atoms with Crippen molar-refractivity contribution in [3.05, 3.63) is 46.6 Å². The summed E-state index contributed by atoms with van der Waals surface area (Å²) in [5.41, 5.74) is 2.68. The predicted molar refractivity (Wildman–Crippen MR) is 128 cm³/mol. The molecule has 2 rings (SSSR count). The normalized spacial score (nSPS) is 15.9. The third-order valence-corrected chi connectivity index (χ3v) is 5.47. The topological polar surface area (TPSA) is 103 Å². The Hall–Kier alpha value is -3.75. The highest BCUT2D eigenvalue weighted by Crippen LogP contribution is 2.48. The van der Waals surface area contributed by atoms with E-state index in [4.69, 9.17) is 18.9 Å². The molecule has 0 saturated heterocycles. The maximum absolute atomic E-state index is 12.6. The minimum Gasteiger partial charge on any atom is -0.493 e. The molecule has 9 nitrogen and oxygen atoms in total. The molecule has 0 aliphatic heterocycles. The van der Waals surface area contributed by atoms with Gasteiger partial charge in [0.1, 0.15) is 0 Å². The van der Waals surface area contributed by atoms with Crippen LogP contribution in [0.4, 0.5) is 4.79 Å². The van der Waals surface area contributed by atoms with E-state index in [1.54, 1.807) is 21.2 Å². The quantitative estimate of drug-likeness (QED) is 0.204. The Morgan fingerprint density at radius 3 is 2.26 bits per heavy atom. The summed E-state index contributed by atoms with van der Waals surface area (Å²) in [6.07, 6.45) is 6.62. The largest absolute Gasteiger partial charge is 0.493 e. The fraction of sp³-hybridized carbons (Fsp3) is 0.400. The van der Waals surface area contributed by atoms with Gasteiger partial charge >= 0.3 is 12.0 Å². The summed E-state index contributed by atoms with van der Waals surface area (Å²) in [5.74, 6) is 0.590. The van der Waals surface area contributed by atoms with Gasteiger partial charge < -0.3 is 29.2 Å². The number of amides is 2. The molecule has 0 fully saturated rings. The second kappa shape index (κ2) is 11.9. The van der Waals surface area contributed by atoms with Gasteiger partial charge in [-0.2, -0.15) is 0 Å². The monoisotopic (exact) mass is 472 g/mol. The van der Waals surface area contributed by atoms with Crippen molar-refractivity contribution in [2.24, 2.45) is 0 Å². The molecule has 0 heterocycles. The third kappa shape index (κ3) is 5.41. The molecule has 0 aromatic heterocycles. The highest BCUT2D eigenvalue weighted by atomic mass is 16.5. The number of methoxy groups -OCH3 is 4. The number of carbonyl (C=O) groups is 3. The van der Waals surface area contributed by atoms with Gasteiger partial charge in [-0.3, -0.25) is 4.79 Å². The molecule has 1 aromatic carbocycles. The van der Waals surface area contributed by atoms with Crippen LogP contribution in [0.15, 0.2) is 35.4 Å². The second-order valence-corrected chi connectivity index (χ2v) is 7.69. The lowest BCUT2D eigenvalue weighted by Gasteiger charge is -2.23. The fourth-order valence-corrected chi connectivity index (χ4v) is 3.87. The lowest BCUT2D eigenvalue weighted by molar-refractivity contribution is -0.136. The number of benzene rings is 1. The van der Waals surface area contributed by atoms with E-state index in [0.717, 1.165) is 11.1 Å². The van der Waals surface area contributed by atoms with E-state index in [0.29, 0.717) is 47.5 Å². The molecular weight excluding hydrogens is 440 g/mol. The molecule has 2 amide bonds. The van der Waals surface area contributed by atoms with Gasteiger partial charge in [-0.1, -0.05) is 12.2 Å². The molecule has 1 N–H and O–H groups in total. The first-order valence-corrected chi connectivity index (χ1v) is 10.7. The highest BCUT2D eigenvalue weighted by molar-refractivity contribution is 6.08. The average Bonchev–Trinajstić information content (AvgIpc) is 2.97. The van der Waals surface area contributed by atoms with Gasteiger partial charge in [0.25, 0.3) is 0 Å². The van der Waals surface area contributed by atoms with Gasteiger partial charge in [-0.15, -0.1) is 0 Å². The van der Waals surface area contributed by atoms with E-state index in [1.807, 2.05) is 25.1 Å². The van der Waals surface area contributed by atoms with Crippen molar-refractivity contribution in [2.45, 2.75) is 25.8 Å². The van der Waals surface area contributed by atoms with Gasteiger partial charge in [0.2, 0.25) is 5.75 Å². The van der Waals surface area contributed by atoms with Gasteiger partial charge in [0.15, 0.2) is 17.8 Å². The Kier molecular flexibility index (Phi) is 9.29. The van der Waals surface area contributed by atoms with E-state index in [2.05, 4.69) is 5.32 Å². The zero-order chi connectivity index (χ0) is 25.4. The Bertz CT molecular complexity index is 1040. The SMILES string of the molecule is C/C=C\C1=C(/C=C(\C=O)C(=O)OC)[C@@H](NC(=O)N(C)C)CCc2cc(OC)c(OC)c(OC)c21. The summed E-state index contributed by atoms with van der Waals surface area (Å²) in [6.45, 7) is 1.85. The molecule has 0 saturated carbocycles. The Balaban J connectivity index is 2.98. The van der Waals surface area contributed by atoms with Crippen molar-refractivity contribution in [2.75, 3.05) is 42.5 Å². The van der Waals surface area contributed by atoms with Crippen LogP contribution in [0, 0.1) is 0 Å². The van der Waals surface area contributed by atoms with Crippen molar-refractivity contribution >= 4 is 23.9 Å². The van der Waals surface area contributed by atoms with Crippen LogP contribution in [0.3, 0.4) is 0 Å². The molecule has 9 heteroatoms. The molecule has 0 radical (unpaired) electrons. The number of aryl methyl sites for hydroxylation is 1. The summed E-state index contributed by atoms with van der Waals surface area (Å²) < 4.78 is 21.6. The van der Waals surface area contributed by atoms with E-state index >= 15 is 0 Å². The number of esters is 1. The number of rotatable bonds is 8. The zero-order valence-corrected chi connectivity index (χ0v) is 20.7. The number of aldehydes is 1. The Morgan fingerprint density at radius 1 is 1.09 bits per heavy atom. The summed E-state index contributed by atoms with van der Waals surface area (Å²) in [6, 6.07) is 1.04. The maximum atomic E-state index is 12.6. The maximum Gasteiger partial charge on any atom is 0.341 e. The Labute approximate surface area is 200 Å². The van der Waals surface area contributed by atoms with E-state index in [-0.39, 0.29) is 11.6 Å². The highest BCUT2D eigenvalue weighted by Gasteiger charge is 2.30. The first kappa shape index (κ1) is 26.5. The second-order valence-electron chi connectivity index (χ2n) is 7.69. The summed E-state index contributed by atoms with van der Waals surface area (Å²) in [4.78, 5) is 38.0. The zero-order valence-electron chi connectivity index (χ0n) is 20.7. The number of allylic oxidation sites excluding steroid dienone is 3. The molecule has 184 valence electrons. The summed E-state index contributed by atoms with van der Waals surface area (Å²) in [5, 5.41) is 2.99. The van der Waals surface area contributed by atoms with Crippen molar-refractivity contribution < 1.29 is 33.3 Å². The number of nitrogens with one attached hydrogen (secondary N) is 1. The first-order chi connectivity index (χ1) is 16.3. The molecule has 1 aliphatic rings. The number of carbonyl (C=O) groups excluding carboxylic acids is 3. The molecule has 0 spiro atoms. The minimum absolute atomic E-state index is 0.175. The van der Waals surface area contributed by atoms with Gasteiger partial charge in [0.05, 0.1) is 40.1 Å². The average molecular weight is 473 g/mol. The summed E-state index contributed by atoms with van der Waals surface area (Å²) in [7, 11) is 9.07. The van der Waals surface area contributed by atoms with Crippen molar-refractivity contribution in [1.29, 1.82) is 0 Å². The van der Waals surface area contributed by atoms with Crippen molar-refractivity contribution in [3.63, 3.8) is 0 Å². The molecule has 34 heavy (non-hydrogen) atoms. The standard InChI is InChI=1S/C25H32N2O7/c1-8-9-17-18(12-16(14-28)24(29)34-7)19(26-25(30)27(2)3)11-10-15-13-20(31-4)22(32-5)23(33-6)21(15)17/h8-9,12-14,19H,10-11H2,1-7H3,(H,26,30)/b9-8-,16-12+/t19-/m0/s1. The predicted octanol–water partition coefficient (Wildman–Crippen LogP) is 2.93. The lowest BCUT2D eigenvalue weighted by Crippen LogP contribution is -2.42. The molecule has 1 aliphatic carbocycles. The number of fused-ring (bicyclic) bond motifs is 1. The van der Waals surface area contributed by atoms with Crippen LogP contribution in [-0.4, -0.2) is 71.8 Å². The summed E-state index contributed by atoms with van der Waals surface area (Å²) >= 11 is 0. The molecule has 0 unspecified atom stereocenters. The van der Waals surface area contributed by atoms with Crippen LogP contribution in [0.5, 0.6) is 17.2 Å².